The second kappa shape index (κ2) is 3.46. The molecule has 0 bridgehead atoms. The molecule has 3 amide bonds. The van der Waals surface area contributed by atoms with Gasteiger partial charge in [0.15, 0.2) is 0 Å². The molecule has 0 radical (unpaired) electrons. The fraction of sp³-hybridized carbons (Fsp3) is 0.778. The van der Waals surface area contributed by atoms with Crippen molar-refractivity contribution >= 4 is 11.9 Å². The molecule has 2 fully saturated rings. The van der Waals surface area contributed by atoms with E-state index in [1.807, 2.05) is 0 Å². The summed E-state index contributed by atoms with van der Waals surface area (Å²) < 4.78 is 0. The summed E-state index contributed by atoms with van der Waals surface area (Å²) in [6.07, 6.45) is 0.649. The molecule has 0 aromatic heterocycles. The van der Waals surface area contributed by atoms with E-state index in [-0.39, 0.29) is 11.9 Å². The van der Waals surface area contributed by atoms with Gasteiger partial charge < -0.3 is 5.32 Å². The number of hydrazine groups is 1. The van der Waals surface area contributed by atoms with Gasteiger partial charge in [0.05, 0.1) is 0 Å². The van der Waals surface area contributed by atoms with E-state index in [0.29, 0.717) is 19.0 Å². The highest BCUT2D eigenvalue weighted by Crippen LogP contribution is 2.19. The average molecular weight is 212 g/mol. The molecule has 6 nitrogen and oxygen atoms in total. The Balaban J connectivity index is 2.03. The van der Waals surface area contributed by atoms with Crippen LogP contribution in [0.5, 0.6) is 0 Å². The zero-order valence-corrected chi connectivity index (χ0v) is 8.96. The standard InChI is InChI=1S/C9H16N4O2/c1-6(2)13-4-3-9(5-10-13)7(14)11-8(15)12-9/h6,10H,3-5H2,1-2H3,(H2,11,12,14,15). The van der Waals surface area contributed by atoms with Crippen molar-refractivity contribution in [3.8, 4) is 0 Å². The van der Waals surface area contributed by atoms with Crippen molar-refractivity contribution in [2.75, 3.05) is 13.1 Å². The highest BCUT2D eigenvalue weighted by molar-refractivity contribution is 6.07. The lowest BCUT2D eigenvalue weighted by atomic mass is 9.93. The number of imide groups is 1. The molecule has 1 unspecified atom stereocenters. The van der Waals surface area contributed by atoms with Gasteiger partial charge >= 0.3 is 6.03 Å². The number of nitrogens with zero attached hydrogens (tertiary/aromatic N) is 1. The van der Waals surface area contributed by atoms with E-state index in [1.54, 1.807) is 0 Å². The number of hydrogen-bond acceptors (Lipinski definition) is 4. The number of hydrogen-bond donors (Lipinski definition) is 3. The van der Waals surface area contributed by atoms with Crippen LogP contribution in [0.4, 0.5) is 4.79 Å². The molecule has 1 spiro atoms. The molecule has 0 saturated carbocycles. The quantitative estimate of drug-likeness (QED) is 0.497. The molecule has 15 heavy (non-hydrogen) atoms. The van der Waals surface area contributed by atoms with Crippen LogP contribution in [0.25, 0.3) is 0 Å². The minimum atomic E-state index is -0.734. The second-order valence-electron chi connectivity index (χ2n) is 4.36. The first kappa shape index (κ1) is 10.4. The Bertz CT molecular complexity index is 294. The fourth-order valence-electron chi connectivity index (χ4n) is 1.98. The van der Waals surface area contributed by atoms with Gasteiger partial charge in [-0.25, -0.2) is 9.80 Å². The van der Waals surface area contributed by atoms with E-state index in [2.05, 4.69) is 34.9 Å². The SMILES string of the molecule is CC(C)N1CCC2(CN1)NC(=O)NC2=O. The molecule has 3 N–H and O–H groups in total. The lowest BCUT2D eigenvalue weighted by molar-refractivity contribution is -0.126. The Morgan fingerprint density at radius 3 is 2.53 bits per heavy atom. The van der Waals surface area contributed by atoms with Gasteiger partial charge in [-0.15, -0.1) is 0 Å². The van der Waals surface area contributed by atoms with E-state index < -0.39 is 5.54 Å². The van der Waals surface area contributed by atoms with Crippen molar-refractivity contribution < 1.29 is 9.59 Å². The van der Waals surface area contributed by atoms with E-state index in [0.717, 1.165) is 6.54 Å². The Morgan fingerprint density at radius 1 is 1.40 bits per heavy atom. The molecule has 2 heterocycles. The molecule has 6 heteroatoms. The van der Waals surface area contributed by atoms with E-state index in [4.69, 9.17) is 0 Å². The zero-order chi connectivity index (χ0) is 11.1. The highest BCUT2D eigenvalue weighted by Gasteiger charge is 2.48. The van der Waals surface area contributed by atoms with Crippen LogP contribution in [-0.4, -0.2) is 41.6 Å². The Kier molecular flexibility index (Phi) is 2.40. The largest absolute Gasteiger partial charge is 0.322 e. The second-order valence-corrected chi connectivity index (χ2v) is 4.36. The van der Waals surface area contributed by atoms with Gasteiger partial charge in [-0.1, -0.05) is 0 Å². The molecule has 2 aliphatic rings. The topological polar surface area (TPSA) is 73.5 Å². The number of nitrogens with one attached hydrogen (secondary N) is 3. The molecular formula is C9H16N4O2. The van der Waals surface area contributed by atoms with Crippen molar-refractivity contribution in [1.82, 2.24) is 21.1 Å². The lowest BCUT2D eigenvalue weighted by Crippen LogP contribution is -2.64. The van der Waals surface area contributed by atoms with E-state index in [9.17, 15) is 9.59 Å². The third-order valence-corrected chi connectivity index (χ3v) is 3.00. The Hall–Kier alpha value is -1.14. The van der Waals surface area contributed by atoms with Crippen molar-refractivity contribution in [2.24, 2.45) is 0 Å². The van der Waals surface area contributed by atoms with Gasteiger partial charge in [-0.2, -0.15) is 0 Å². The van der Waals surface area contributed by atoms with Gasteiger partial charge in [-0.3, -0.25) is 15.5 Å². The number of carbonyl (C=O) groups excluding carboxylic acids is 2. The van der Waals surface area contributed by atoms with Crippen molar-refractivity contribution in [3.05, 3.63) is 0 Å². The number of rotatable bonds is 1. The first-order valence-electron chi connectivity index (χ1n) is 5.17. The van der Waals surface area contributed by atoms with Crippen LogP contribution in [0, 0.1) is 0 Å². The smallest absolute Gasteiger partial charge is 0.322 e. The van der Waals surface area contributed by atoms with E-state index in [1.165, 1.54) is 0 Å². The van der Waals surface area contributed by atoms with Gasteiger partial charge in [-0.05, 0) is 20.3 Å². The molecule has 0 aliphatic carbocycles. The lowest BCUT2D eigenvalue weighted by Gasteiger charge is -2.39. The van der Waals surface area contributed by atoms with Crippen LogP contribution in [0.2, 0.25) is 0 Å². The predicted octanol–water partition coefficient (Wildman–Crippen LogP) is -0.817. The Labute approximate surface area is 88.3 Å². The van der Waals surface area contributed by atoms with Crippen molar-refractivity contribution in [2.45, 2.75) is 31.8 Å². The Morgan fingerprint density at radius 2 is 2.13 bits per heavy atom. The summed E-state index contributed by atoms with van der Waals surface area (Å²) in [5.74, 6) is -0.219. The first-order chi connectivity index (χ1) is 7.03. The van der Waals surface area contributed by atoms with Crippen LogP contribution in [0.3, 0.4) is 0 Å². The third-order valence-electron chi connectivity index (χ3n) is 3.00. The molecule has 2 saturated heterocycles. The van der Waals surface area contributed by atoms with Crippen LogP contribution in [-0.2, 0) is 4.79 Å². The average Bonchev–Trinajstić information content (AvgIpc) is 2.42. The monoisotopic (exact) mass is 212 g/mol. The maximum atomic E-state index is 11.6. The fourth-order valence-corrected chi connectivity index (χ4v) is 1.98. The maximum absolute atomic E-state index is 11.6. The van der Waals surface area contributed by atoms with Crippen LogP contribution < -0.4 is 16.1 Å². The van der Waals surface area contributed by atoms with Gasteiger partial charge in [0.2, 0.25) is 0 Å². The van der Waals surface area contributed by atoms with E-state index >= 15 is 0 Å². The predicted molar refractivity (Wildman–Crippen MR) is 53.9 cm³/mol. The minimum absolute atomic E-state index is 0.219. The molecule has 2 aliphatic heterocycles. The summed E-state index contributed by atoms with van der Waals surface area (Å²) in [5.41, 5.74) is 2.43. The van der Waals surface area contributed by atoms with Gasteiger partial charge in [0.1, 0.15) is 5.54 Å². The normalized spacial score (nSPS) is 32.2. The molecule has 2 rings (SSSR count). The van der Waals surface area contributed by atoms with Crippen molar-refractivity contribution in [1.29, 1.82) is 0 Å². The van der Waals surface area contributed by atoms with Crippen LogP contribution in [0.15, 0.2) is 0 Å². The number of amides is 3. The number of urea groups is 1. The third kappa shape index (κ3) is 1.70. The summed E-state index contributed by atoms with van der Waals surface area (Å²) in [5, 5.41) is 7.04. The molecule has 0 aromatic rings. The zero-order valence-electron chi connectivity index (χ0n) is 8.96. The van der Waals surface area contributed by atoms with Crippen LogP contribution >= 0.6 is 0 Å². The molecular weight excluding hydrogens is 196 g/mol. The molecule has 0 aromatic carbocycles. The summed E-state index contributed by atoms with van der Waals surface area (Å²) in [6.45, 7) is 5.38. The molecule has 1 atom stereocenters. The van der Waals surface area contributed by atoms with Gasteiger partial charge in [0, 0.05) is 19.1 Å². The number of carbonyl (C=O) groups is 2. The van der Waals surface area contributed by atoms with Crippen molar-refractivity contribution in [3.63, 3.8) is 0 Å². The first-order valence-corrected chi connectivity index (χ1v) is 5.17. The summed E-state index contributed by atoms with van der Waals surface area (Å²) >= 11 is 0. The summed E-state index contributed by atoms with van der Waals surface area (Å²) in [6, 6.07) is 0.00214. The summed E-state index contributed by atoms with van der Waals surface area (Å²) in [7, 11) is 0. The van der Waals surface area contributed by atoms with Crippen LogP contribution in [0.1, 0.15) is 20.3 Å². The highest BCUT2D eigenvalue weighted by atomic mass is 16.2. The minimum Gasteiger partial charge on any atom is -0.322 e. The summed E-state index contributed by atoms with van der Waals surface area (Å²) in [4.78, 5) is 22.6. The molecule has 84 valence electrons. The maximum Gasteiger partial charge on any atom is 0.322 e. The van der Waals surface area contributed by atoms with Gasteiger partial charge in [0.25, 0.3) is 5.91 Å².